The second-order valence-electron chi connectivity index (χ2n) is 9.61. The first-order valence-corrected chi connectivity index (χ1v) is 15.1. The number of hydrogen-bond acceptors (Lipinski definition) is 10. The Morgan fingerprint density at radius 2 is 2.00 bits per heavy atom. The molecular weight excluding hydrogens is 535 g/mol. The largest absolute Gasteiger partial charge is 0.462 e. The highest BCUT2D eigenvalue weighted by molar-refractivity contribution is 8.09. The van der Waals surface area contributed by atoms with E-state index in [1.54, 1.807) is 44.2 Å². The number of nitrogens with zero attached hydrogens (tertiary/aromatic N) is 1. The van der Waals surface area contributed by atoms with Crippen molar-refractivity contribution in [1.82, 2.24) is 9.99 Å². The Labute approximate surface area is 227 Å². The van der Waals surface area contributed by atoms with Gasteiger partial charge in [-0.25, -0.2) is 5.09 Å². The summed E-state index contributed by atoms with van der Waals surface area (Å²) in [5.74, 6) is -1.03. The van der Waals surface area contributed by atoms with Crippen molar-refractivity contribution in [1.29, 1.82) is 0 Å². The van der Waals surface area contributed by atoms with E-state index in [0.717, 1.165) is 4.90 Å². The fourth-order valence-electron chi connectivity index (χ4n) is 4.04. The Kier molecular flexibility index (Phi) is 10.2. The van der Waals surface area contributed by atoms with Crippen LogP contribution in [0.25, 0.3) is 0 Å². The molecular formula is C25H35N2O9PS. The van der Waals surface area contributed by atoms with Crippen LogP contribution in [-0.2, 0) is 40.2 Å². The van der Waals surface area contributed by atoms with Crippen molar-refractivity contribution in [3.05, 3.63) is 42.6 Å². The maximum Gasteiger partial charge on any atom is 0.323 e. The summed E-state index contributed by atoms with van der Waals surface area (Å²) in [6.07, 6.45) is -1.05. The van der Waals surface area contributed by atoms with E-state index in [-0.39, 0.29) is 24.9 Å². The first kappa shape index (κ1) is 30.4. The lowest BCUT2D eigenvalue weighted by atomic mass is 9.95. The number of hydrogen-bond donors (Lipinski definition) is 3. The Balaban J connectivity index is 1.80. The quantitative estimate of drug-likeness (QED) is 0.193. The highest BCUT2D eigenvalue weighted by atomic mass is 32.5. The third-order valence-corrected chi connectivity index (χ3v) is 8.37. The van der Waals surface area contributed by atoms with E-state index >= 15 is 0 Å². The van der Waals surface area contributed by atoms with Crippen molar-refractivity contribution in [2.45, 2.75) is 83.1 Å². The van der Waals surface area contributed by atoms with Crippen molar-refractivity contribution < 1.29 is 43.1 Å². The number of esters is 1. The van der Waals surface area contributed by atoms with E-state index in [4.69, 9.17) is 30.3 Å². The summed E-state index contributed by atoms with van der Waals surface area (Å²) in [5, 5.41) is 24.9. The van der Waals surface area contributed by atoms with Crippen molar-refractivity contribution in [2.24, 2.45) is 0 Å². The van der Waals surface area contributed by atoms with E-state index in [1.165, 1.54) is 19.2 Å². The lowest BCUT2D eigenvalue weighted by Gasteiger charge is -2.34. The van der Waals surface area contributed by atoms with Crippen molar-refractivity contribution >= 4 is 36.1 Å². The number of carbonyl (C=O) groups is 3. The van der Waals surface area contributed by atoms with Crippen LogP contribution in [0.5, 0.6) is 5.75 Å². The summed E-state index contributed by atoms with van der Waals surface area (Å²) in [4.78, 5) is 37.8. The Bertz CT molecular complexity index is 1080. The number of para-hydroxylation sites is 1. The summed E-state index contributed by atoms with van der Waals surface area (Å²) in [6, 6.07) is 7.88. The number of rotatable bonds is 12. The average molecular weight is 571 g/mol. The van der Waals surface area contributed by atoms with Gasteiger partial charge >= 0.3 is 12.6 Å². The van der Waals surface area contributed by atoms with Gasteiger partial charge in [0.05, 0.1) is 19.1 Å². The summed E-state index contributed by atoms with van der Waals surface area (Å²) in [5.41, 5.74) is -1.88. The zero-order chi connectivity index (χ0) is 28.1. The van der Waals surface area contributed by atoms with Crippen molar-refractivity contribution in [3.63, 3.8) is 0 Å². The summed E-state index contributed by atoms with van der Waals surface area (Å²) in [6.45, 7) is 2.95. The van der Waals surface area contributed by atoms with Crippen molar-refractivity contribution in [2.75, 3.05) is 6.61 Å². The number of aliphatic hydroxyl groups excluding tert-OH is 1. The SMILES string of the molecule is CCCC(NP(=S)(OC[C@H]1O[C@@H](N2C=CC(=O)CC2=O)[C@](C)(O)[C@@H]1O)Oc1ccccc1)C(=O)OC(C)C. The molecule has 3 rings (SSSR count). The fourth-order valence-corrected chi connectivity index (χ4v) is 6.40. The number of ether oxygens (including phenoxy) is 2. The molecule has 13 heteroatoms. The van der Waals surface area contributed by atoms with Gasteiger partial charge in [0.2, 0.25) is 5.91 Å². The molecule has 0 bridgehead atoms. The normalized spacial score (nSPS) is 27.9. The molecule has 2 aliphatic rings. The molecule has 2 heterocycles. The van der Waals surface area contributed by atoms with Crippen LogP contribution in [0.1, 0.15) is 47.0 Å². The summed E-state index contributed by atoms with van der Waals surface area (Å²) in [7, 11) is 0. The first-order chi connectivity index (χ1) is 17.9. The molecule has 1 saturated heterocycles. The smallest absolute Gasteiger partial charge is 0.323 e. The fraction of sp³-hybridized carbons (Fsp3) is 0.560. The van der Waals surface area contributed by atoms with Crippen LogP contribution in [0.4, 0.5) is 0 Å². The van der Waals surface area contributed by atoms with Gasteiger partial charge in [-0.15, -0.1) is 0 Å². The topological polar surface area (TPSA) is 144 Å². The number of carbonyl (C=O) groups excluding carboxylic acids is 3. The maximum absolute atomic E-state index is 12.8. The molecule has 0 spiro atoms. The maximum atomic E-state index is 12.8. The predicted molar refractivity (Wildman–Crippen MR) is 141 cm³/mol. The summed E-state index contributed by atoms with van der Waals surface area (Å²) >= 11 is 5.76. The van der Waals surface area contributed by atoms with Gasteiger partial charge < -0.3 is 28.7 Å². The molecule has 2 unspecified atom stereocenters. The lowest BCUT2D eigenvalue weighted by molar-refractivity contribution is -0.158. The van der Waals surface area contributed by atoms with Crippen LogP contribution >= 0.6 is 6.64 Å². The van der Waals surface area contributed by atoms with Gasteiger partial charge in [0.25, 0.3) is 0 Å². The minimum Gasteiger partial charge on any atom is -0.462 e. The molecule has 0 saturated carbocycles. The van der Waals surface area contributed by atoms with Gasteiger partial charge in [-0.3, -0.25) is 19.3 Å². The molecule has 11 nitrogen and oxygen atoms in total. The zero-order valence-electron chi connectivity index (χ0n) is 21.8. The third kappa shape index (κ3) is 7.47. The molecule has 6 atom stereocenters. The van der Waals surface area contributed by atoms with E-state index in [2.05, 4.69) is 5.09 Å². The van der Waals surface area contributed by atoms with Gasteiger partial charge in [-0.1, -0.05) is 31.5 Å². The number of amides is 1. The number of ketones is 1. The highest BCUT2D eigenvalue weighted by Gasteiger charge is 2.56. The van der Waals surface area contributed by atoms with Crippen LogP contribution in [0.3, 0.4) is 0 Å². The minimum absolute atomic E-state index is 0.326. The van der Waals surface area contributed by atoms with Crippen LogP contribution in [0.15, 0.2) is 42.6 Å². The van der Waals surface area contributed by atoms with Gasteiger partial charge in [-0.05, 0) is 57.2 Å². The second-order valence-corrected chi connectivity index (χ2v) is 12.7. The molecule has 1 aromatic rings. The number of allylic oxidation sites excluding steroid dienone is 1. The van der Waals surface area contributed by atoms with E-state index in [9.17, 15) is 24.6 Å². The lowest BCUT2D eigenvalue weighted by Crippen LogP contribution is -2.54. The minimum atomic E-state index is -3.45. The molecule has 3 N–H and O–H groups in total. The average Bonchev–Trinajstić information content (AvgIpc) is 3.06. The molecule has 1 aromatic carbocycles. The Hall–Kier alpha value is -2.18. The molecule has 210 valence electrons. The van der Waals surface area contributed by atoms with Crippen molar-refractivity contribution in [3.8, 4) is 5.75 Å². The molecule has 0 aliphatic carbocycles. The van der Waals surface area contributed by atoms with Gasteiger partial charge in [-0.2, -0.15) is 0 Å². The Morgan fingerprint density at radius 3 is 2.61 bits per heavy atom. The van der Waals surface area contributed by atoms with Gasteiger partial charge in [0.1, 0.15) is 29.6 Å². The van der Waals surface area contributed by atoms with Gasteiger partial charge in [0.15, 0.2) is 12.0 Å². The zero-order valence-corrected chi connectivity index (χ0v) is 23.5. The highest BCUT2D eigenvalue weighted by Crippen LogP contribution is 2.47. The molecule has 1 fully saturated rings. The van der Waals surface area contributed by atoms with Crippen LogP contribution < -0.4 is 9.61 Å². The third-order valence-electron chi connectivity index (χ3n) is 5.95. The molecule has 2 aliphatic heterocycles. The number of aliphatic hydroxyl groups is 2. The van der Waals surface area contributed by atoms with E-state index in [0.29, 0.717) is 18.6 Å². The monoisotopic (exact) mass is 570 g/mol. The number of benzene rings is 1. The Morgan fingerprint density at radius 1 is 1.32 bits per heavy atom. The standard InChI is InChI=1S/C25H35N2O9PS/c1-5-9-19(23(31)34-16(2)3)26-37(38,36-18-10-7-6-8-11-18)33-15-20-22(30)25(4,32)24(35-20)27-13-12-17(28)14-21(27)29/h6-8,10-13,16,19-20,22,24,30,32H,5,9,14-15H2,1-4H3,(H,26,38)/t19?,20-,22-,24-,25-,37?/m1/s1. The molecule has 0 radical (unpaired) electrons. The van der Waals surface area contributed by atoms with E-state index in [1.807, 2.05) is 6.92 Å². The number of nitrogens with one attached hydrogen (secondary N) is 1. The van der Waals surface area contributed by atoms with Crippen LogP contribution in [0.2, 0.25) is 0 Å². The van der Waals surface area contributed by atoms with Crippen LogP contribution in [-0.4, -0.2) is 75.6 Å². The summed E-state index contributed by atoms with van der Waals surface area (Å²) < 4.78 is 23.3. The predicted octanol–water partition coefficient (Wildman–Crippen LogP) is 2.17. The first-order valence-electron chi connectivity index (χ1n) is 12.4. The molecule has 0 aromatic heterocycles. The second kappa shape index (κ2) is 12.8. The van der Waals surface area contributed by atoms with Crippen LogP contribution in [0, 0.1) is 0 Å². The van der Waals surface area contributed by atoms with Gasteiger partial charge in [0, 0.05) is 6.20 Å². The molecule has 1 amide bonds. The van der Waals surface area contributed by atoms with E-state index < -0.39 is 48.6 Å². The molecule has 38 heavy (non-hydrogen) atoms.